The third kappa shape index (κ3) is 4.66. The molecule has 7 nitrogen and oxygen atoms in total. The summed E-state index contributed by atoms with van der Waals surface area (Å²) in [5.41, 5.74) is 2.03. The molecule has 0 saturated heterocycles. The molecule has 0 unspecified atom stereocenters. The molecule has 1 aromatic carbocycles. The Morgan fingerprint density at radius 1 is 1.37 bits per heavy atom. The number of benzene rings is 1. The van der Waals surface area contributed by atoms with Crippen LogP contribution in [0.1, 0.15) is 31.2 Å². The van der Waals surface area contributed by atoms with E-state index in [1.165, 1.54) is 19.2 Å². The number of hydrogen-bond acceptors (Lipinski definition) is 5. The molecule has 0 atom stereocenters. The fourth-order valence-electron chi connectivity index (χ4n) is 3.69. The molecule has 0 spiro atoms. The second-order valence-electron chi connectivity index (χ2n) is 7.58. The molecule has 2 N–H and O–H groups in total. The number of rotatable bonds is 9. The zero-order valence-corrected chi connectivity index (χ0v) is 15.8. The number of carboxylic acids is 1. The molecule has 1 heterocycles. The molecule has 8 heteroatoms. The number of carboxylic acid groups (broad SMARTS) is 1. The Labute approximate surface area is 163 Å². The zero-order chi connectivity index (χ0) is 18.8. The summed E-state index contributed by atoms with van der Waals surface area (Å²) in [6.07, 6.45) is 7.64. The number of aromatic nitrogens is 3. The fraction of sp³-hybridized carbons (Fsp3) is 0.526. The molecule has 144 valence electrons. The van der Waals surface area contributed by atoms with Gasteiger partial charge in [-0.3, -0.25) is 9.69 Å². The first kappa shape index (κ1) is 18.4. The minimum atomic E-state index is -0.731. The van der Waals surface area contributed by atoms with E-state index in [2.05, 4.69) is 20.3 Å². The fourth-order valence-corrected chi connectivity index (χ4v) is 3.85. The van der Waals surface area contributed by atoms with Gasteiger partial charge in [0.25, 0.3) is 0 Å². The number of nitrogens with zero attached hydrogens (tertiary/aromatic N) is 4. The number of aliphatic carboxylic acids is 1. The van der Waals surface area contributed by atoms with Gasteiger partial charge in [0.05, 0.1) is 12.2 Å². The van der Waals surface area contributed by atoms with Crippen LogP contribution in [-0.4, -0.2) is 55.9 Å². The van der Waals surface area contributed by atoms with Gasteiger partial charge in [-0.05, 0) is 49.3 Å². The Balaban J connectivity index is 1.32. The molecule has 2 aliphatic carbocycles. The lowest BCUT2D eigenvalue weighted by molar-refractivity contribution is -0.139. The summed E-state index contributed by atoms with van der Waals surface area (Å²) < 4.78 is 1.72. The van der Waals surface area contributed by atoms with Gasteiger partial charge >= 0.3 is 5.97 Å². The van der Waals surface area contributed by atoms with Crippen molar-refractivity contribution in [1.82, 2.24) is 25.0 Å². The molecule has 27 heavy (non-hydrogen) atoms. The minimum absolute atomic E-state index is 0.154. The normalized spacial score (nSPS) is 22.0. The van der Waals surface area contributed by atoms with E-state index in [1.54, 1.807) is 11.0 Å². The summed E-state index contributed by atoms with van der Waals surface area (Å²) in [6.45, 7) is 1.80. The van der Waals surface area contributed by atoms with Crippen LogP contribution in [-0.2, 0) is 11.3 Å². The quantitative estimate of drug-likeness (QED) is 0.685. The molecule has 0 radical (unpaired) electrons. The largest absolute Gasteiger partial charge is 0.480 e. The van der Waals surface area contributed by atoms with E-state index in [9.17, 15) is 4.79 Å². The van der Waals surface area contributed by atoms with E-state index in [0.717, 1.165) is 30.6 Å². The molecule has 4 rings (SSSR count). The number of hydrogen-bond donors (Lipinski definition) is 2. The van der Waals surface area contributed by atoms with E-state index < -0.39 is 5.97 Å². The van der Waals surface area contributed by atoms with Crippen molar-refractivity contribution in [2.75, 3.05) is 13.1 Å². The monoisotopic (exact) mass is 389 g/mol. The van der Waals surface area contributed by atoms with Gasteiger partial charge in [0.1, 0.15) is 12.7 Å². The minimum Gasteiger partial charge on any atom is -0.480 e. The molecule has 2 aliphatic rings. The molecule has 1 aromatic heterocycles. The summed E-state index contributed by atoms with van der Waals surface area (Å²) in [5.74, 6) is -0.0265. The average molecular weight is 390 g/mol. The molecule has 0 bridgehead atoms. The topological polar surface area (TPSA) is 83.3 Å². The summed E-state index contributed by atoms with van der Waals surface area (Å²) in [7, 11) is 0. The highest BCUT2D eigenvalue weighted by Crippen LogP contribution is 2.34. The summed E-state index contributed by atoms with van der Waals surface area (Å²) in [4.78, 5) is 17.3. The zero-order valence-electron chi connectivity index (χ0n) is 15.1. The highest BCUT2D eigenvalue weighted by Gasteiger charge is 2.36. The first-order valence-electron chi connectivity index (χ1n) is 9.41. The Kier molecular flexibility index (Phi) is 5.43. The van der Waals surface area contributed by atoms with Crippen LogP contribution in [0, 0.1) is 5.92 Å². The highest BCUT2D eigenvalue weighted by atomic mass is 35.5. The number of carbonyl (C=O) groups is 1. The van der Waals surface area contributed by atoms with Gasteiger partial charge in [-0.2, -0.15) is 5.10 Å². The highest BCUT2D eigenvalue weighted by molar-refractivity contribution is 6.30. The summed E-state index contributed by atoms with van der Waals surface area (Å²) in [6, 6.07) is 6.56. The van der Waals surface area contributed by atoms with E-state index in [-0.39, 0.29) is 6.54 Å². The third-order valence-corrected chi connectivity index (χ3v) is 5.69. The molecule has 0 amide bonds. The Hall–Kier alpha value is -1.96. The summed E-state index contributed by atoms with van der Waals surface area (Å²) in [5, 5.41) is 17.6. The molecular formula is C19H24ClN5O2. The predicted octanol–water partition coefficient (Wildman–Crippen LogP) is 2.34. The van der Waals surface area contributed by atoms with E-state index in [4.69, 9.17) is 16.7 Å². The van der Waals surface area contributed by atoms with E-state index >= 15 is 0 Å². The Morgan fingerprint density at radius 3 is 2.85 bits per heavy atom. The van der Waals surface area contributed by atoms with Crippen LogP contribution in [0.25, 0.3) is 5.69 Å². The van der Waals surface area contributed by atoms with Crippen molar-refractivity contribution in [1.29, 1.82) is 0 Å². The van der Waals surface area contributed by atoms with Crippen LogP contribution in [0.15, 0.2) is 30.9 Å². The molecule has 2 aromatic rings. The lowest BCUT2D eigenvalue weighted by Gasteiger charge is -2.43. The van der Waals surface area contributed by atoms with Gasteiger partial charge in [0.2, 0.25) is 0 Å². The van der Waals surface area contributed by atoms with Crippen molar-refractivity contribution < 1.29 is 9.90 Å². The van der Waals surface area contributed by atoms with Crippen molar-refractivity contribution in [2.45, 2.75) is 44.3 Å². The van der Waals surface area contributed by atoms with Crippen LogP contribution in [0.4, 0.5) is 0 Å². The van der Waals surface area contributed by atoms with Crippen LogP contribution < -0.4 is 5.32 Å². The maximum Gasteiger partial charge on any atom is 0.317 e. The van der Waals surface area contributed by atoms with Gasteiger partial charge in [0.15, 0.2) is 0 Å². The molecule has 2 fully saturated rings. The molecule has 2 saturated carbocycles. The standard InChI is InChI=1S/C19H24ClN5O2/c20-15-4-3-14(18(5-15)25-12-21-11-23-25)8-22-16-6-17(7-16)24(10-19(26)27)9-13-1-2-13/h3-5,11-13,16-17,22H,1-2,6-10H2,(H,26,27). The van der Waals surface area contributed by atoms with Crippen LogP contribution in [0.2, 0.25) is 5.02 Å². The Bertz CT molecular complexity index is 787. The first-order chi connectivity index (χ1) is 13.1. The van der Waals surface area contributed by atoms with Crippen molar-refractivity contribution in [3.63, 3.8) is 0 Å². The average Bonchev–Trinajstić information content (AvgIpc) is 3.23. The molecular weight excluding hydrogens is 366 g/mol. The lowest BCUT2D eigenvalue weighted by atomic mass is 9.85. The lowest BCUT2D eigenvalue weighted by Crippen LogP contribution is -2.54. The van der Waals surface area contributed by atoms with Crippen molar-refractivity contribution >= 4 is 17.6 Å². The van der Waals surface area contributed by atoms with Gasteiger partial charge in [-0.15, -0.1) is 0 Å². The maximum atomic E-state index is 11.1. The number of halogens is 1. The first-order valence-corrected chi connectivity index (χ1v) is 9.79. The van der Waals surface area contributed by atoms with Crippen LogP contribution >= 0.6 is 11.6 Å². The second-order valence-corrected chi connectivity index (χ2v) is 8.02. The predicted molar refractivity (Wildman–Crippen MR) is 102 cm³/mol. The van der Waals surface area contributed by atoms with Crippen LogP contribution in [0.3, 0.4) is 0 Å². The third-order valence-electron chi connectivity index (χ3n) is 5.45. The van der Waals surface area contributed by atoms with Gasteiger partial charge < -0.3 is 10.4 Å². The van der Waals surface area contributed by atoms with Crippen molar-refractivity contribution in [3.8, 4) is 5.69 Å². The van der Waals surface area contributed by atoms with Crippen LogP contribution in [0.5, 0.6) is 0 Å². The number of nitrogens with one attached hydrogen (secondary N) is 1. The SMILES string of the molecule is O=C(O)CN(CC1CC1)C1CC(NCc2ccc(Cl)cc2-n2cncn2)C1. The van der Waals surface area contributed by atoms with Gasteiger partial charge in [-0.1, -0.05) is 17.7 Å². The van der Waals surface area contributed by atoms with E-state index in [0.29, 0.717) is 29.6 Å². The summed E-state index contributed by atoms with van der Waals surface area (Å²) >= 11 is 6.14. The Morgan fingerprint density at radius 2 is 2.19 bits per heavy atom. The van der Waals surface area contributed by atoms with Gasteiger partial charge in [0, 0.05) is 30.2 Å². The smallest absolute Gasteiger partial charge is 0.317 e. The second kappa shape index (κ2) is 7.96. The van der Waals surface area contributed by atoms with Crippen molar-refractivity contribution in [2.24, 2.45) is 5.92 Å². The maximum absolute atomic E-state index is 11.1. The molecule has 0 aliphatic heterocycles. The van der Waals surface area contributed by atoms with Crippen molar-refractivity contribution in [3.05, 3.63) is 41.4 Å². The van der Waals surface area contributed by atoms with E-state index in [1.807, 2.05) is 18.2 Å². The van der Waals surface area contributed by atoms with Gasteiger partial charge in [-0.25, -0.2) is 9.67 Å².